The van der Waals surface area contributed by atoms with E-state index in [0.29, 0.717) is 38.5 Å². The Bertz CT molecular complexity index is 441. The number of phenolic OH excluding ortho intramolecular Hbond substituents is 1. The smallest absolute Gasteiger partial charge is 0.124 e. The number of aliphatic hydroxyl groups is 2. The minimum Gasteiger partial charge on any atom is -0.507 e. The number of hydrogen-bond acceptors (Lipinski definition) is 6. The van der Waals surface area contributed by atoms with Crippen molar-refractivity contribution < 1.29 is 15.3 Å². The first-order valence-electron chi connectivity index (χ1n) is 7.94. The largest absolute Gasteiger partial charge is 0.507 e. The Balaban J connectivity index is 3.09. The summed E-state index contributed by atoms with van der Waals surface area (Å²) >= 11 is 0. The lowest BCUT2D eigenvalue weighted by atomic mass is 10.0. The fourth-order valence-corrected chi connectivity index (χ4v) is 2.66. The van der Waals surface area contributed by atoms with Crippen molar-refractivity contribution in [3.8, 4) is 5.75 Å². The summed E-state index contributed by atoms with van der Waals surface area (Å²) in [6, 6.07) is 4.02. The van der Waals surface area contributed by atoms with Gasteiger partial charge in [0.05, 0.1) is 13.2 Å². The third-order valence-electron chi connectivity index (χ3n) is 3.54. The minimum absolute atomic E-state index is 0.0627. The Kier molecular flexibility index (Phi) is 8.51. The van der Waals surface area contributed by atoms with Crippen molar-refractivity contribution in [1.29, 1.82) is 0 Å². The van der Waals surface area contributed by atoms with Crippen molar-refractivity contribution in [3.63, 3.8) is 0 Å². The Morgan fingerprint density at radius 2 is 1.22 bits per heavy atom. The predicted molar refractivity (Wildman–Crippen MR) is 92.3 cm³/mol. The first kappa shape index (κ1) is 19.9. The maximum Gasteiger partial charge on any atom is 0.124 e. The summed E-state index contributed by atoms with van der Waals surface area (Å²) in [4.78, 5) is 6.06. The molecule has 0 aliphatic heterocycles. The first-order valence-corrected chi connectivity index (χ1v) is 7.94. The topological polar surface area (TPSA) is 70.4 Å². The van der Waals surface area contributed by atoms with Gasteiger partial charge in [0, 0.05) is 43.9 Å². The summed E-state index contributed by atoms with van der Waals surface area (Å²) in [5.74, 6) is 0.354. The number of phenols is 1. The SMILES string of the molecule is CN(C)Cc1cc(CN(CCO)CCO)cc(CN(C)C)c1O. The third-order valence-corrected chi connectivity index (χ3v) is 3.54. The molecule has 0 saturated heterocycles. The molecule has 0 unspecified atom stereocenters. The fraction of sp³-hybridized carbons (Fsp3) is 0.647. The minimum atomic E-state index is 0.0627. The molecule has 6 nitrogen and oxygen atoms in total. The summed E-state index contributed by atoms with van der Waals surface area (Å²) in [6.07, 6.45) is 0. The van der Waals surface area contributed by atoms with Gasteiger partial charge in [-0.25, -0.2) is 0 Å². The number of aliphatic hydroxyl groups excluding tert-OH is 2. The van der Waals surface area contributed by atoms with Gasteiger partial charge in [-0.1, -0.05) is 0 Å². The van der Waals surface area contributed by atoms with Crippen LogP contribution in [0.25, 0.3) is 0 Å². The summed E-state index contributed by atoms with van der Waals surface area (Å²) in [7, 11) is 7.90. The molecule has 6 heteroatoms. The van der Waals surface area contributed by atoms with Crippen molar-refractivity contribution in [3.05, 3.63) is 28.8 Å². The Morgan fingerprint density at radius 3 is 1.57 bits per heavy atom. The van der Waals surface area contributed by atoms with Gasteiger partial charge in [0.25, 0.3) is 0 Å². The quantitative estimate of drug-likeness (QED) is 0.575. The molecule has 0 heterocycles. The van der Waals surface area contributed by atoms with E-state index in [-0.39, 0.29) is 13.2 Å². The molecule has 0 bridgehead atoms. The molecular formula is C17H31N3O3. The second-order valence-corrected chi connectivity index (χ2v) is 6.46. The summed E-state index contributed by atoms with van der Waals surface area (Å²) in [5, 5.41) is 28.8. The van der Waals surface area contributed by atoms with Crippen LogP contribution in [0.15, 0.2) is 12.1 Å². The molecule has 0 amide bonds. The van der Waals surface area contributed by atoms with Crippen molar-refractivity contribution in [2.75, 3.05) is 54.5 Å². The molecule has 0 fully saturated rings. The zero-order valence-electron chi connectivity index (χ0n) is 14.8. The van der Waals surface area contributed by atoms with Crippen LogP contribution in [0.3, 0.4) is 0 Å². The van der Waals surface area contributed by atoms with Gasteiger partial charge in [-0.2, -0.15) is 0 Å². The van der Waals surface area contributed by atoms with Crippen LogP contribution in [0.5, 0.6) is 5.75 Å². The lowest BCUT2D eigenvalue weighted by Gasteiger charge is -2.23. The molecule has 23 heavy (non-hydrogen) atoms. The molecule has 1 aromatic carbocycles. The Labute approximate surface area is 139 Å². The number of rotatable bonds is 10. The van der Waals surface area contributed by atoms with Gasteiger partial charge < -0.3 is 25.1 Å². The summed E-state index contributed by atoms with van der Waals surface area (Å²) < 4.78 is 0. The number of benzene rings is 1. The predicted octanol–water partition coefficient (Wildman–Crippen LogP) is 0.302. The van der Waals surface area contributed by atoms with Crippen molar-refractivity contribution in [1.82, 2.24) is 14.7 Å². The normalized spacial score (nSPS) is 11.9. The highest BCUT2D eigenvalue weighted by atomic mass is 16.3. The molecule has 3 N–H and O–H groups in total. The van der Waals surface area contributed by atoms with Crippen LogP contribution in [0.2, 0.25) is 0 Å². The van der Waals surface area contributed by atoms with Gasteiger partial charge in [-0.15, -0.1) is 0 Å². The molecule has 0 saturated carbocycles. The first-order chi connectivity index (χ1) is 10.9. The van der Waals surface area contributed by atoms with Gasteiger partial charge in [0.1, 0.15) is 5.75 Å². The number of hydrogen-bond donors (Lipinski definition) is 3. The summed E-state index contributed by atoms with van der Waals surface area (Å²) in [6.45, 7) is 3.14. The van der Waals surface area contributed by atoms with Crippen LogP contribution >= 0.6 is 0 Å². The third kappa shape index (κ3) is 6.85. The standard InChI is InChI=1S/C17H31N3O3/c1-18(2)12-15-9-14(11-20(5-7-21)6-8-22)10-16(17(15)23)13-19(3)4/h9-10,21-23H,5-8,11-13H2,1-4H3. The van der Waals surface area contributed by atoms with Gasteiger partial charge in [-0.3, -0.25) is 4.90 Å². The van der Waals surface area contributed by atoms with Crippen LogP contribution < -0.4 is 0 Å². The van der Waals surface area contributed by atoms with E-state index in [9.17, 15) is 5.11 Å². The maximum atomic E-state index is 10.5. The lowest BCUT2D eigenvalue weighted by Crippen LogP contribution is -2.29. The van der Waals surface area contributed by atoms with E-state index in [1.165, 1.54) is 0 Å². The van der Waals surface area contributed by atoms with Crippen LogP contribution in [-0.2, 0) is 19.6 Å². The highest BCUT2D eigenvalue weighted by Crippen LogP contribution is 2.27. The molecule has 0 radical (unpaired) electrons. The van der Waals surface area contributed by atoms with E-state index in [2.05, 4.69) is 0 Å². The molecule has 1 rings (SSSR count). The second-order valence-electron chi connectivity index (χ2n) is 6.46. The van der Waals surface area contributed by atoms with E-state index in [1.54, 1.807) is 0 Å². The highest BCUT2D eigenvalue weighted by molar-refractivity contribution is 5.44. The molecule has 0 spiro atoms. The highest BCUT2D eigenvalue weighted by Gasteiger charge is 2.13. The average molecular weight is 325 g/mol. The molecule has 0 aliphatic carbocycles. The van der Waals surface area contributed by atoms with Crippen molar-refractivity contribution in [2.45, 2.75) is 19.6 Å². The van der Waals surface area contributed by atoms with Crippen LogP contribution in [-0.4, -0.2) is 84.5 Å². The molecule has 0 aliphatic rings. The number of nitrogens with zero attached hydrogens (tertiary/aromatic N) is 3. The van der Waals surface area contributed by atoms with Gasteiger partial charge >= 0.3 is 0 Å². The lowest BCUT2D eigenvalue weighted by molar-refractivity contribution is 0.156. The van der Waals surface area contributed by atoms with Crippen molar-refractivity contribution in [2.24, 2.45) is 0 Å². The fourth-order valence-electron chi connectivity index (χ4n) is 2.66. The van der Waals surface area contributed by atoms with E-state index in [4.69, 9.17) is 10.2 Å². The van der Waals surface area contributed by atoms with Gasteiger partial charge in [0.2, 0.25) is 0 Å². The monoisotopic (exact) mass is 325 g/mol. The van der Waals surface area contributed by atoms with Crippen LogP contribution in [0.1, 0.15) is 16.7 Å². The molecule has 0 aromatic heterocycles. The van der Waals surface area contributed by atoms with Crippen LogP contribution in [0.4, 0.5) is 0 Å². The zero-order valence-corrected chi connectivity index (χ0v) is 14.8. The number of aromatic hydroxyl groups is 1. The van der Waals surface area contributed by atoms with Crippen LogP contribution in [0, 0.1) is 0 Å². The van der Waals surface area contributed by atoms with Gasteiger partial charge in [0.15, 0.2) is 0 Å². The van der Waals surface area contributed by atoms with E-state index in [1.807, 2.05) is 55.0 Å². The molecule has 1 aromatic rings. The molecule has 0 atom stereocenters. The van der Waals surface area contributed by atoms with Gasteiger partial charge in [-0.05, 0) is 45.9 Å². The zero-order chi connectivity index (χ0) is 17.4. The van der Waals surface area contributed by atoms with Crippen molar-refractivity contribution >= 4 is 0 Å². The second kappa shape index (κ2) is 9.85. The average Bonchev–Trinajstić information content (AvgIpc) is 2.43. The van der Waals surface area contributed by atoms with E-state index < -0.39 is 0 Å². The van der Waals surface area contributed by atoms with E-state index >= 15 is 0 Å². The molecule has 132 valence electrons. The molecular weight excluding hydrogens is 294 g/mol. The Hall–Kier alpha value is -1.18. The summed E-state index contributed by atoms with van der Waals surface area (Å²) in [5.41, 5.74) is 2.88. The maximum absolute atomic E-state index is 10.5. The van der Waals surface area contributed by atoms with E-state index in [0.717, 1.165) is 16.7 Å². The Morgan fingerprint density at radius 1 is 0.783 bits per heavy atom.